The van der Waals surface area contributed by atoms with Crippen molar-refractivity contribution in [3.8, 4) is 11.1 Å². The lowest BCUT2D eigenvalue weighted by atomic mass is 9.95. The van der Waals surface area contributed by atoms with Crippen LogP contribution in [0.3, 0.4) is 0 Å². The van der Waals surface area contributed by atoms with Gasteiger partial charge in [0, 0.05) is 0 Å². The van der Waals surface area contributed by atoms with Crippen LogP contribution in [0.15, 0.2) is 42.5 Å². The number of allylic oxidation sites excluding steroid dienone is 1. The fraction of sp³-hybridized carbons (Fsp3) is 0.250. The number of aryl methyl sites for hydroxylation is 2. The molecule has 0 spiro atoms. The monoisotopic (exact) mass is 296 g/mol. The zero-order valence-corrected chi connectivity index (χ0v) is 13.3. The average molecular weight is 296 g/mol. The highest BCUT2D eigenvalue weighted by atomic mass is 19.1. The van der Waals surface area contributed by atoms with E-state index in [0.29, 0.717) is 5.56 Å². The molecule has 0 N–H and O–H groups in total. The van der Waals surface area contributed by atoms with Crippen LogP contribution in [0.5, 0.6) is 0 Å². The fourth-order valence-electron chi connectivity index (χ4n) is 2.41. The molecule has 0 aliphatic rings. The molecule has 22 heavy (non-hydrogen) atoms. The molecule has 0 aromatic heterocycles. The lowest BCUT2D eigenvalue weighted by molar-refractivity contribution is -0.112. The smallest absolute Gasteiger partial charge is 0.152 e. The summed E-state index contributed by atoms with van der Waals surface area (Å²) in [5.41, 5.74) is 4.76. The number of hydrogen-bond donors (Lipinski definition) is 0. The Bertz CT molecular complexity index is 714. The van der Waals surface area contributed by atoms with Gasteiger partial charge in [0.15, 0.2) is 5.78 Å². The van der Waals surface area contributed by atoms with Gasteiger partial charge in [-0.1, -0.05) is 49.8 Å². The third-order valence-electron chi connectivity index (χ3n) is 3.67. The van der Waals surface area contributed by atoms with Crippen molar-refractivity contribution in [2.75, 3.05) is 0 Å². The van der Waals surface area contributed by atoms with Gasteiger partial charge >= 0.3 is 0 Å². The summed E-state index contributed by atoms with van der Waals surface area (Å²) in [6.07, 6.45) is 5.39. The van der Waals surface area contributed by atoms with Crippen LogP contribution in [0.2, 0.25) is 0 Å². The third-order valence-corrected chi connectivity index (χ3v) is 3.67. The molecule has 0 radical (unpaired) electrons. The van der Waals surface area contributed by atoms with Crippen molar-refractivity contribution in [2.24, 2.45) is 0 Å². The highest BCUT2D eigenvalue weighted by Crippen LogP contribution is 2.26. The molecule has 0 heterocycles. The van der Waals surface area contributed by atoms with Gasteiger partial charge < -0.3 is 0 Å². The van der Waals surface area contributed by atoms with Gasteiger partial charge in [0.05, 0.1) is 0 Å². The first-order valence-corrected chi connectivity index (χ1v) is 7.59. The fourth-order valence-corrected chi connectivity index (χ4v) is 2.41. The molecule has 1 nitrogen and oxygen atoms in total. The zero-order chi connectivity index (χ0) is 16.1. The summed E-state index contributed by atoms with van der Waals surface area (Å²) >= 11 is 0. The highest BCUT2D eigenvalue weighted by molar-refractivity contribution is 5.91. The molecule has 2 heteroatoms. The second-order valence-electron chi connectivity index (χ2n) is 5.57. The van der Waals surface area contributed by atoms with E-state index in [0.717, 1.165) is 29.5 Å². The van der Waals surface area contributed by atoms with Gasteiger partial charge in [-0.3, -0.25) is 4.79 Å². The maximum absolute atomic E-state index is 13.8. The molecule has 114 valence electrons. The summed E-state index contributed by atoms with van der Waals surface area (Å²) in [6, 6.07) is 11.4. The molecule has 2 rings (SSSR count). The molecule has 0 saturated carbocycles. The van der Waals surface area contributed by atoms with Crippen molar-refractivity contribution < 1.29 is 9.18 Å². The van der Waals surface area contributed by atoms with Gasteiger partial charge in [0.2, 0.25) is 0 Å². The average Bonchev–Trinajstić information content (AvgIpc) is 2.49. The summed E-state index contributed by atoms with van der Waals surface area (Å²) < 4.78 is 13.8. The molecule has 2 aromatic carbocycles. The van der Waals surface area contributed by atoms with Gasteiger partial charge in [0.1, 0.15) is 5.82 Å². The Morgan fingerprint density at radius 2 is 1.82 bits per heavy atom. The largest absolute Gasteiger partial charge is 0.295 e. The van der Waals surface area contributed by atoms with E-state index in [-0.39, 0.29) is 11.6 Å². The summed E-state index contributed by atoms with van der Waals surface area (Å²) in [7, 11) is 0. The van der Waals surface area contributed by atoms with Crippen molar-refractivity contribution in [3.63, 3.8) is 0 Å². The van der Waals surface area contributed by atoms with Gasteiger partial charge in [-0.25, -0.2) is 4.39 Å². The van der Waals surface area contributed by atoms with E-state index in [1.165, 1.54) is 5.56 Å². The first kappa shape index (κ1) is 16.2. The van der Waals surface area contributed by atoms with E-state index in [2.05, 4.69) is 13.0 Å². The van der Waals surface area contributed by atoms with Crippen LogP contribution in [0.4, 0.5) is 4.39 Å². The van der Waals surface area contributed by atoms with Crippen molar-refractivity contribution in [2.45, 2.75) is 33.6 Å². The zero-order valence-electron chi connectivity index (χ0n) is 13.3. The summed E-state index contributed by atoms with van der Waals surface area (Å²) in [5.74, 6) is -0.151. The second-order valence-corrected chi connectivity index (χ2v) is 5.57. The van der Waals surface area contributed by atoms with Gasteiger partial charge in [-0.05, 0) is 60.2 Å². The molecule has 0 saturated heterocycles. The van der Waals surface area contributed by atoms with Crippen molar-refractivity contribution in [1.29, 1.82) is 0 Å². The third kappa shape index (κ3) is 3.91. The van der Waals surface area contributed by atoms with Gasteiger partial charge in [-0.2, -0.15) is 0 Å². The van der Waals surface area contributed by atoms with Crippen LogP contribution in [-0.2, 0) is 11.2 Å². The quantitative estimate of drug-likeness (QED) is 0.679. The SMILES string of the molecule is CCCc1cc(-c2ccc(C)c(F)c2)ccc1/C=C\C(C)=O. The molecule has 0 unspecified atom stereocenters. The Morgan fingerprint density at radius 1 is 1.14 bits per heavy atom. The first-order valence-electron chi connectivity index (χ1n) is 7.59. The Morgan fingerprint density at radius 3 is 2.45 bits per heavy atom. The summed E-state index contributed by atoms with van der Waals surface area (Å²) in [6.45, 7) is 5.42. The Balaban J connectivity index is 2.43. The van der Waals surface area contributed by atoms with Gasteiger partial charge in [-0.15, -0.1) is 0 Å². The highest BCUT2D eigenvalue weighted by Gasteiger charge is 2.06. The van der Waals surface area contributed by atoms with Crippen LogP contribution in [0.1, 0.15) is 37.0 Å². The molecule has 0 bridgehead atoms. The molecular weight excluding hydrogens is 275 g/mol. The Labute approximate surface area is 131 Å². The number of benzene rings is 2. The number of hydrogen-bond acceptors (Lipinski definition) is 1. The topological polar surface area (TPSA) is 17.1 Å². The lowest BCUT2D eigenvalue weighted by Gasteiger charge is -2.10. The van der Waals surface area contributed by atoms with Crippen molar-refractivity contribution >= 4 is 11.9 Å². The number of halogens is 1. The minimum atomic E-state index is -0.185. The van der Waals surface area contributed by atoms with Crippen molar-refractivity contribution in [3.05, 3.63) is 65.0 Å². The maximum atomic E-state index is 13.8. The van der Waals surface area contributed by atoms with Crippen LogP contribution in [-0.4, -0.2) is 5.78 Å². The normalized spacial score (nSPS) is 11.1. The van der Waals surface area contributed by atoms with E-state index in [9.17, 15) is 9.18 Å². The number of ketones is 1. The summed E-state index contributed by atoms with van der Waals surface area (Å²) in [4.78, 5) is 11.1. The van der Waals surface area contributed by atoms with E-state index in [1.54, 1.807) is 32.1 Å². The van der Waals surface area contributed by atoms with Crippen LogP contribution < -0.4 is 0 Å². The molecule has 0 amide bonds. The molecular formula is C20H21FO. The standard InChI is InChI=1S/C20H21FO/c1-4-5-17-12-18(11-10-16(17)9-7-15(3)22)19-8-6-14(2)20(21)13-19/h6-13H,4-5H2,1-3H3/b9-7-. The van der Waals surface area contributed by atoms with Crippen LogP contribution >= 0.6 is 0 Å². The van der Waals surface area contributed by atoms with E-state index < -0.39 is 0 Å². The molecule has 0 fully saturated rings. The Hall–Kier alpha value is -2.22. The number of carbonyl (C=O) groups excluding carboxylic acids is 1. The first-order chi connectivity index (χ1) is 10.5. The van der Waals surface area contributed by atoms with E-state index >= 15 is 0 Å². The predicted molar refractivity (Wildman–Crippen MR) is 90.3 cm³/mol. The molecule has 0 atom stereocenters. The molecule has 0 aliphatic heterocycles. The van der Waals surface area contributed by atoms with Gasteiger partial charge in [0.25, 0.3) is 0 Å². The van der Waals surface area contributed by atoms with E-state index in [4.69, 9.17) is 0 Å². The minimum Gasteiger partial charge on any atom is -0.295 e. The predicted octanol–water partition coefficient (Wildman–Crippen LogP) is 5.36. The van der Waals surface area contributed by atoms with E-state index in [1.807, 2.05) is 24.3 Å². The van der Waals surface area contributed by atoms with Crippen LogP contribution in [0.25, 0.3) is 17.2 Å². The van der Waals surface area contributed by atoms with Crippen molar-refractivity contribution in [1.82, 2.24) is 0 Å². The Kier molecular flexibility index (Phi) is 5.26. The summed E-state index contributed by atoms with van der Waals surface area (Å²) in [5, 5.41) is 0. The second kappa shape index (κ2) is 7.17. The molecule has 2 aromatic rings. The number of carbonyl (C=O) groups is 1. The van der Waals surface area contributed by atoms with Crippen LogP contribution in [0, 0.1) is 12.7 Å². The minimum absolute atomic E-state index is 0.0344. The maximum Gasteiger partial charge on any atom is 0.152 e. The lowest BCUT2D eigenvalue weighted by Crippen LogP contribution is -1.92. The number of rotatable bonds is 5. The molecule has 0 aliphatic carbocycles.